The van der Waals surface area contributed by atoms with E-state index in [0.717, 1.165) is 0 Å². The number of imidazole rings is 1. The number of carbonyl (C=O) groups is 2. The third-order valence-corrected chi connectivity index (χ3v) is 5.55. The number of hydrogen-bond donors (Lipinski definition) is 4. The summed E-state index contributed by atoms with van der Waals surface area (Å²) in [4.78, 5) is 39.6. The molecule has 3 aromatic rings. The predicted octanol–water partition coefficient (Wildman–Crippen LogP) is 2.25. The Morgan fingerprint density at radius 2 is 1.97 bits per heavy atom. The molecule has 1 aliphatic heterocycles. The van der Waals surface area contributed by atoms with Crippen molar-refractivity contribution in [2.24, 2.45) is 5.41 Å². The molecule has 0 spiro atoms. The molecule has 2 aromatic heterocycles. The number of rotatable bonds is 9. The monoisotopic (exact) mass is 509 g/mol. The zero-order chi connectivity index (χ0) is 26.4. The number of aliphatic carboxylic acids is 1. The van der Waals surface area contributed by atoms with E-state index in [1.54, 1.807) is 25.1 Å². The third kappa shape index (κ3) is 6.05. The van der Waals surface area contributed by atoms with E-state index in [-0.39, 0.29) is 44.6 Å². The van der Waals surface area contributed by atoms with Gasteiger partial charge in [-0.15, -0.1) is 0 Å². The van der Waals surface area contributed by atoms with Crippen LogP contribution in [0.2, 0.25) is 0 Å². The smallest absolute Gasteiger partial charge is 0.322 e. The van der Waals surface area contributed by atoms with Crippen molar-refractivity contribution >= 4 is 17.8 Å². The van der Waals surface area contributed by atoms with Crippen molar-refractivity contribution in [2.75, 3.05) is 31.6 Å². The first-order chi connectivity index (χ1) is 17.8. The van der Waals surface area contributed by atoms with Gasteiger partial charge < -0.3 is 30.2 Å². The van der Waals surface area contributed by atoms with Crippen molar-refractivity contribution in [1.29, 1.82) is 5.26 Å². The average molecular weight is 509 g/mol. The van der Waals surface area contributed by atoms with Crippen LogP contribution in [0.5, 0.6) is 0 Å². The number of carboxylic acids is 1. The number of amides is 1. The van der Waals surface area contributed by atoms with Gasteiger partial charge in [-0.25, -0.2) is 19.3 Å². The SMILES string of the molecule is CC1(C(=O)NCCC#N)COC(c2nc(-c3ccc(F)cc3)c(-c3ccnc(NCC(=O)O)n3)[nH]2)OC1. The Labute approximate surface area is 210 Å². The second-order valence-corrected chi connectivity index (χ2v) is 8.54. The number of benzene rings is 1. The number of hydrogen-bond acceptors (Lipinski definition) is 9. The lowest BCUT2D eigenvalue weighted by molar-refractivity contribution is -0.231. The molecule has 0 saturated carbocycles. The highest BCUT2D eigenvalue weighted by Crippen LogP contribution is 2.35. The molecule has 37 heavy (non-hydrogen) atoms. The summed E-state index contributed by atoms with van der Waals surface area (Å²) in [6.07, 6.45) is 0.745. The van der Waals surface area contributed by atoms with Gasteiger partial charge >= 0.3 is 5.97 Å². The summed E-state index contributed by atoms with van der Waals surface area (Å²) in [5, 5.41) is 22.9. The molecule has 1 aliphatic rings. The van der Waals surface area contributed by atoms with Crippen molar-refractivity contribution in [1.82, 2.24) is 25.3 Å². The Kier molecular flexibility index (Phi) is 7.71. The minimum Gasteiger partial charge on any atom is -0.480 e. The predicted molar refractivity (Wildman–Crippen MR) is 127 cm³/mol. The highest BCUT2D eigenvalue weighted by molar-refractivity contribution is 5.82. The van der Waals surface area contributed by atoms with Gasteiger partial charge in [-0.05, 0) is 37.3 Å². The van der Waals surface area contributed by atoms with E-state index in [0.29, 0.717) is 28.5 Å². The quantitative estimate of drug-likeness (QED) is 0.313. The Hall–Kier alpha value is -4.41. The molecular formula is C24H24FN7O5. The van der Waals surface area contributed by atoms with E-state index in [1.807, 2.05) is 6.07 Å². The third-order valence-electron chi connectivity index (χ3n) is 5.55. The zero-order valence-electron chi connectivity index (χ0n) is 19.8. The first kappa shape index (κ1) is 25.7. The Balaban J connectivity index is 1.60. The fraction of sp³-hybridized carbons (Fsp3) is 0.333. The van der Waals surface area contributed by atoms with Gasteiger partial charge in [0.25, 0.3) is 0 Å². The fourth-order valence-electron chi connectivity index (χ4n) is 3.59. The second-order valence-electron chi connectivity index (χ2n) is 8.54. The fourth-order valence-corrected chi connectivity index (χ4v) is 3.59. The molecule has 1 saturated heterocycles. The van der Waals surface area contributed by atoms with Crippen molar-refractivity contribution in [3.63, 3.8) is 0 Å². The summed E-state index contributed by atoms with van der Waals surface area (Å²) < 4.78 is 25.3. The molecule has 12 nitrogen and oxygen atoms in total. The summed E-state index contributed by atoms with van der Waals surface area (Å²) in [7, 11) is 0. The Bertz CT molecular complexity index is 1310. The largest absolute Gasteiger partial charge is 0.480 e. The minimum atomic E-state index is -1.07. The number of aromatic amines is 1. The molecule has 13 heteroatoms. The van der Waals surface area contributed by atoms with Crippen molar-refractivity contribution in [3.8, 4) is 28.7 Å². The van der Waals surface area contributed by atoms with Crippen molar-refractivity contribution in [2.45, 2.75) is 19.6 Å². The first-order valence-electron chi connectivity index (χ1n) is 11.3. The van der Waals surface area contributed by atoms with E-state index < -0.39 is 23.5 Å². The Morgan fingerprint density at radius 1 is 1.24 bits per heavy atom. The summed E-state index contributed by atoms with van der Waals surface area (Å²) in [5.74, 6) is -1.35. The van der Waals surface area contributed by atoms with Crippen LogP contribution in [0.25, 0.3) is 22.6 Å². The lowest BCUT2D eigenvalue weighted by atomic mass is 9.91. The summed E-state index contributed by atoms with van der Waals surface area (Å²) in [6, 6.07) is 9.32. The molecule has 0 atom stereocenters. The van der Waals surface area contributed by atoms with Gasteiger partial charge in [-0.3, -0.25) is 9.59 Å². The molecule has 192 valence electrons. The molecule has 0 bridgehead atoms. The topological polar surface area (TPSA) is 175 Å². The van der Waals surface area contributed by atoms with Gasteiger partial charge in [-0.1, -0.05) is 0 Å². The summed E-state index contributed by atoms with van der Waals surface area (Å²) >= 11 is 0. The van der Waals surface area contributed by atoms with Crippen LogP contribution in [0.3, 0.4) is 0 Å². The van der Waals surface area contributed by atoms with Crippen molar-refractivity contribution < 1.29 is 28.6 Å². The standard InChI is InChI=1S/C24H24FN7O5/c1-24(22(35)27-9-2-8-26)12-36-21(37-13-24)20-31-18(14-3-5-15(25)6-4-14)19(32-20)16-7-10-28-23(30-16)29-11-17(33)34/h3-7,10,21H,2,9,11-13H2,1H3,(H,27,35)(H,31,32)(H,33,34)(H,28,29,30). The first-order valence-corrected chi connectivity index (χ1v) is 11.3. The van der Waals surface area contributed by atoms with E-state index in [2.05, 4.69) is 30.6 Å². The van der Waals surface area contributed by atoms with Crippen LogP contribution in [0.15, 0.2) is 36.5 Å². The van der Waals surface area contributed by atoms with Crippen LogP contribution in [-0.2, 0) is 19.1 Å². The molecule has 4 N–H and O–H groups in total. The van der Waals surface area contributed by atoms with Crippen LogP contribution >= 0.6 is 0 Å². The van der Waals surface area contributed by atoms with Crippen LogP contribution < -0.4 is 10.6 Å². The van der Waals surface area contributed by atoms with Crippen LogP contribution in [0.1, 0.15) is 25.5 Å². The number of halogens is 1. The van der Waals surface area contributed by atoms with Gasteiger partial charge in [0.15, 0.2) is 5.82 Å². The number of aromatic nitrogens is 4. The number of nitriles is 1. The normalized spacial score (nSPS) is 19.1. The van der Waals surface area contributed by atoms with Crippen molar-refractivity contribution in [3.05, 3.63) is 48.2 Å². The molecular weight excluding hydrogens is 485 g/mol. The van der Waals surface area contributed by atoms with Gasteiger partial charge in [0, 0.05) is 18.3 Å². The van der Waals surface area contributed by atoms with Gasteiger partial charge in [0.2, 0.25) is 18.1 Å². The zero-order valence-corrected chi connectivity index (χ0v) is 19.8. The van der Waals surface area contributed by atoms with Crippen LogP contribution in [0, 0.1) is 22.6 Å². The number of anilines is 1. The minimum absolute atomic E-state index is 0.0503. The average Bonchev–Trinajstić information content (AvgIpc) is 3.34. The number of carbonyl (C=O) groups excluding carboxylic acids is 1. The van der Waals surface area contributed by atoms with E-state index in [9.17, 15) is 14.0 Å². The van der Waals surface area contributed by atoms with Crippen LogP contribution in [-0.4, -0.2) is 63.2 Å². The molecule has 1 amide bonds. The molecule has 0 unspecified atom stereocenters. The Morgan fingerprint density at radius 3 is 2.65 bits per heavy atom. The summed E-state index contributed by atoms with van der Waals surface area (Å²) in [6.45, 7) is 1.67. The molecule has 1 aromatic carbocycles. The maximum atomic E-state index is 13.6. The molecule has 1 fully saturated rings. The van der Waals surface area contributed by atoms with Crippen LogP contribution in [0.4, 0.5) is 10.3 Å². The summed E-state index contributed by atoms with van der Waals surface area (Å²) in [5.41, 5.74) is 0.941. The number of carboxylic acid groups (broad SMARTS) is 1. The molecule has 0 radical (unpaired) electrons. The van der Waals surface area contributed by atoms with E-state index in [4.69, 9.17) is 19.8 Å². The maximum absolute atomic E-state index is 13.6. The lowest BCUT2D eigenvalue weighted by Gasteiger charge is -2.35. The second kappa shape index (κ2) is 11.1. The van der Waals surface area contributed by atoms with E-state index in [1.165, 1.54) is 18.3 Å². The number of nitrogens with one attached hydrogen (secondary N) is 3. The maximum Gasteiger partial charge on any atom is 0.322 e. The van der Waals surface area contributed by atoms with Gasteiger partial charge in [0.05, 0.1) is 48.2 Å². The highest BCUT2D eigenvalue weighted by atomic mass is 19.1. The molecule has 4 rings (SSSR count). The molecule has 0 aliphatic carbocycles. The van der Waals surface area contributed by atoms with Gasteiger partial charge in [-0.2, -0.15) is 5.26 Å². The van der Waals surface area contributed by atoms with Gasteiger partial charge in [0.1, 0.15) is 12.4 Å². The number of H-pyrrole nitrogens is 1. The van der Waals surface area contributed by atoms with E-state index >= 15 is 0 Å². The number of nitrogens with zero attached hydrogens (tertiary/aromatic N) is 4. The molecule has 3 heterocycles. The highest BCUT2D eigenvalue weighted by Gasteiger charge is 2.40. The number of ether oxygens (including phenoxy) is 2. The lowest BCUT2D eigenvalue weighted by Crippen LogP contribution is -2.48.